The van der Waals surface area contributed by atoms with Crippen LogP contribution in [-0.4, -0.2) is 10.8 Å². The van der Waals surface area contributed by atoms with E-state index in [0.29, 0.717) is 11.1 Å². The second-order valence-corrected chi connectivity index (χ2v) is 4.89. The first-order valence-electron chi connectivity index (χ1n) is 6.28. The van der Waals surface area contributed by atoms with Gasteiger partial charge in [-0.25, -0.2) is 0 Å². The minimum atomic E-state index is -0.714. The first-order valence-corrected chi connectivity index (χ1v) is 6.28. The number of rotatable bonds is 5. The summed E-state index contributed by atoms with van der Waals surface area (Å²) < 4.78 is 0. The lowest BCUT2D eigenvalue weighted by atomic mass is 9.96. The van der Waals surface area contributed by atoms with Crippen LogP contribution in [0.15, 0.2) is 18.2 Å². The van der Waals surface area contributed by atoms with Crippen molar-refractivity contribution >= 4 is 11.6 Å². The monoisotopic (exact) mass is 275 g/mol. The SMILES string of the molecule is Cc1c(CNC(=O)C(C#N)C(C)C)cccc1[N+](=O)[O-]. The Bertz CT molecular complexity index is 561. The molecular formula is C14H17N3O3. The molecule has 0 saturated carbocycles. The highest BCUT2D eigenvalue weighted by Gasteiger charge is 2.21. The van der Waals surface area contributed by atoms with E-state index in [-0.39, 0.29) is 24.1 Å². The molecule has 0 saturated heterocycles. The van der Waals surface area contributed by atoms with Crippen molar-refractivity contribution in [3.8, 4) is 6.07 Å². The zero-order valence-electron chi connectivity index (χ0n) is 11.7. The molecule has 1 aromatic carbocycles. The summed E-state index contributed by atoms with van der Waals surface area (Å²) in [6, 6.07) is 6.69. The molecule has 106 valence electrons. The van der Waals surface area contributed by atoms with Crippen LogP contribution < -0.4 is 5.32 Å². The Balaban J connectivity index is 2.81. The smallest absolute Gasteiger partial charge is 0.272 e. The van der Waals surface area contributed by atoms with Crippen LogP contribution in [-0.2, 0) is 11.3 Å². The third-order valence-corrected chi connectivity index (χ3v) is 3.16. The van der Waals surface area contributed by atoms with Gasteiger partial charge in [-0.15, -0.1) is 0 Å². The van der Waals surface area contributed by atoms with E-state index in [4.69, 9.17) is 5.26 Å². The van der Waals surface area contributed by atoms with Gasteiger partial charge in [0, 0.05) is 18.2 Å². The van der Waals surface area contributed by atoms with Gasteiger partial charge in [0.15, 0.2) is 0 Å². The van der Waals surface area contributed by atoms with Crippen molar-refractivity contribution < 1.29 is 9.72 Å². The van der Waals surface area contributed by atoms with Crippen LogP contribution in [0.1, 0.15) is 25.0 Å². The maximum Gasteiger partial charge on any atom is 0.272 e. The molecule has 1 atom stereocenters. The summed E-state index contributed by atoms with van der Waals surface area (Å²) >= 11 is 0. The van der Waals surface area contributed by atoms with Crippen molar-refractivity contribution in [2.45, 2.75) is 27.3 Å². The minimum Gasteiger partial charge on any atom is -0.351 e. The zero-order chi connectivity index (χ0) is 15.3. The van der Waals surface area contributed by atoms with Gasteiger partial charge in [-0.05, 0) is 18.4 Å². The fraction of sp³-hybridized carbons (Fsp3) is 0.429. The van der Waals surface area contributed by atoms with Crippen LogP contribution in [0.5, 0.6) is 0 Å². The predicted molar refractivity (Wildman–Crippen MR) is 73.6 cm³/mol. The first-order chi connectivity index (χ1) is 9.38. The molecule has 0 bridgehead atoms. The highest BCUT2D eigenvalue weighted by Crippen LogP contribution is 2.21. The number of nitriles is 1. The molecule has 0 heterocycles. The second kappa shape index (κ2) is 6.66. The number of nitrogens with one attached hydrogen (secondary N) is 1. The Morgan fingerprint density at radius 3 is 2.65 bits per heavy atom. The summed E-state index contributed by atoms with van der Waals surface area (Å²) in [5, 5.41) is 22.4. The molecular weight excluding hydrogens is 258 g/mol. The maximum absolute atomic E-state index is 11.9. The highest BCUT2D eigenvalue weighted by atomic mass is 16.6. The van der Waals surface area contributed by atoms with E-state index in [2.05, 4.69) is 5.32 Å². The summed E-state index contributed by atoms with van der Waals surface area (Å²) in [7, 11) is 0. The summed E-state index contributed by atoms with van der Waals surface area (Å²) in [5.41, 5.74) is 1.22. The Morgan fingerprint density at radius 1 is 1.50 bits per heavy atom. The van der Waals surface area contributed by atoms with Gasteiger partial charge in [0.2, 0.25) is 5.91 Å². The molecule has 0 aromatic heterocycles. The Hall–Kier alpha value is -2.42. The fourth-order valence-corrected chi connectivity index (χ4v) is 1.86. The fourth-order valence-electron chi connectivity index (χ4n) is 1.86. The largest absolute Gasteiger partial charge is 0.351 e. The third kappa shape index (κ3) is 3.54. The van der Waals surface area contributed by atoms with Crippen LogP contribution in [0.4, 0.5) is 5.69 Å². The number of nitro benzene ring substituents is 1. The van der Waals surface area contributed by atoms with Gasteiger partial charge in [0.1, 0.15) is 5.92 Å². The van der Waals surface area contributed by atoms with E-state index in [1.165, 1.54) is 6.07 Å². The molecule has 0 fully saturated rings. The number of amides is 1. The molecule has 0 aliphatic carbocycles. The lowest BCUT2D eigenvalue weighted by molar-refractivity contribution is -0.385. The van der Waals surface area contributed by atoms with E-state index in [1.807, 2.05) is 6.07 Å². The molecule has 6 nitrogen and oxygen atoms in total. The van der Waals surface area contributed by atoms with Crippen LogP contribution in [0.25, 0.3) is 0 Å². The number of nitro groups is 1. The van der Waals surface area contributed by atoms with Crippen molar-refractivity contribution in [1.82, 2.24) is 5.32 Å². The van der Waals surface area contributed by atoms with E-state index < -0.39 is 10.8 Å². The predicted octanol–water partition coefficient (Wildman–Crippen LogP) is 2.32. The quantitative estimate of drug-likeness (QED) is 0.658. The molecule has 0 aliphatic rings. The van der Waals surface area contributed by atoms with E-state index in [1.54, 1.807) is 32.9 Å². The number of carbonyl (C=O) groups excluding carboxylic acids is 1. The normalized spacial score (nSPS) is 11.8. The van der Waals surface area contributed by atoms with Gasteiger partial charge in [-0.2, -0.15) is 5.26 Å². The van der Waals surface area contributed by atoms with Gasteiger partial charge in [-0.3, -0.25) is 14.9 Å². The van der Waals surface area contributed by atoms with Crippen LogP contribution in [0.3, 0.4) is 0 Å². The van der Waals surface area contributed by atoms with Crippen molar-refractivity contribution in [2.75, 3.05) is 0 Å². The number of benzene rings is 1. The summed E-state index contributed by atoms with van der Waals surface area (Å²) in [6.45, 7) is 5.42. The average molecular weight is 275 g/mol. The summed E-state index contributed by atoms with van der Waals surface area (Å²) in [6.07, 6.45) is 0. The van der Waals surface area contributed by atoms with E-state index in [9.17, 15) is 14.9 Å². The summed E-state index contributed by atoms with van der Waals surface area (Å²) in [4.78, 5) is 22.2. The molecule has 6 heteroatoms. The zero-order valence-corrected chi connectivity index (χ0v) is 11.7. The first kappa shape index (κ1) is 15.6. The van der Waals surface area contributed by atoms with Gasteiger partial charge < -0.3 is 5.32 Å². The number of hydrogen-bond donors (Lipinski definition) is 1. The standard InChI is InChI=1S/C14H17N3O3/c1-9(2)12(7-15)14(18)16-8-11-5-4-6-13(10(11)3)17(19)20/h4-6,9,12H,8H2,1-3H3,(H,16,18). The van der Waals surface area contributed by atoms with Gasteiger partial charge in [0.05, 0.1) is 11.0 Å². The van der Waals surface area contributed by atoms with Crippen molar-refractivity contribution in [1.29, 1.82) is 5.26 Å². The van der Waals surface area contributed by atoms with Gasteiger partial charge in [0.25, 0.3) is 5.69 Å². The van der Waals surface area contributed by atoms with E-state index >= 15 is 0 Å². The maximum atomic E-state index is 11.9. The molecule has 0 aliphatic heterocycles. The van der Waals surface area contributed by atoms with Gasteiger partial charge >= 0.3 is 0 Å². The lowest BCUT2D eigenvalue weighted by Crippen LogP contribution is -2.32. The van der Waals surface area contributed by atoms with Crippen molar-refractivity contribution in [3.63, 3.8) is 0 Å². The van der Waals surface area contributed by atoms with Gasteiger partial charge in [-0.1, -0.05) is 26.0 Å². The average Bonchev–Trinajstić information content (AvgIpc) is 2.37. The number of hydrogen-bond acceptors (Lipinski definition) is 4. The Labute approximate surface area is 117 Å². The Morgan fingerprint density at radius 2 is 2.15 bits per heavy atom. The molecule has 1 unspecified atom stereocenters. The molecule has 1 amide bonds. The molecule has 1 rings (SSSR count). The lowest BCUT2D eigenvalue weighted by Gasteiger charge is -2.14. The Kier molecular flexibility index (Phi) is 5.21. The molecule has 0 radical (unpaired) electrons. The molecule has 20 heavy (non-hydrogen) atoms. The topological polar surface area (TPSA) is 96.0 Å². The third-order valence-electron chi connectivity index (χ3n) is 3.16. The van der Waals surface area contributed by atoms with Crippen LogP contribution in [0.2, 0.25) is 0 Å². The number of nitrogens with zero attached hydrogens (tertiary/aromatic N) is 2. The molecule has 1 N–H and O–H groups in total. The van der Waals surface area contributed by atoms with Crippen molar-refractivity contribution in [2.24, 2.45) is 11.8 Å². The second-order valence-electron chi connectivity index (χ2n) is 4.89. The highest BCUT2D eigenvalue weighted by molar-refractivity contribution is 5.81. The molecule has 1 aromatic rings. The van der Waals surface area contributed by atoms with E-state index in [0.717, 1.165) is 0 Å². The summed E-state index contributed by atoms with van der Waals surface area (Å²) in [5.74, 6) is -1.14. The van der Waals surface area contributed by atoms with Crippen LogP contribution in [0, 0.1) is 40.2 Å². The number of carbonyl (C=O) groups is 1. The van der Waals surface area contributed by atoms with Crippen molar-refractivity contribution in [3.05, 3.63) is 39.4 Å². The minimum absolute atomic E-state index is 0.0254. The molecule has 0 spiro atoms. The van der Waals surface area contributed by atoms with Crippen LogP contribution >= 0.6 is 0 Å².